The van der Waals surface area contributed by atoms with Gasteiger partial charge in [0.25, 0.3) is 0 Å². The van der Waals surface area contributed by atoms with Crippen LogP contribution in [0.25, 0.3) is 0 Å². The fourth-order valence-electron chi connectivity index (χ4n) is 11.7. The Bertz CT molecular complexity index is 2040. The molecule has 2 fully saturated rings. The molecule has 7 amide bonds. The summed E-state index contributed by atoms with van der Waals surface area (Å²) in [5.74, 6) is -1.56. The summed E-state index contributed by atoms with van der Waals surface area (Å²) >= 11 is 0. The first-order valence-electron chi connectivity index (χ1n) is 21.8. The van der Waals surface area contributed by atoms with Crippen LogP contribution in [0.1, 0.15) is 128 Å². The molecule has 0 unspecified atom stereocenters. The first-order chi connectivity index (χ1) is 28.2. The molecule has 8 atom stereocenters. The van der Waals surface area contributed by atoms with Gasteiger partial charge < -0.3 is 32.5 Å². The fraction of sp³-hybridized carbons (Fsp3) is 0.609. The van der Waals surface area contributed by atoms with Gasteiger partial charge in [0.15, 0.2) is 0 Å². The van der Waals surface area contributed by atoms with Crippen LogP contribution in [-0.4, -0.2) is 59.5 Å². The second-order valence-corrected chi connectivity index (χ2v) is 19.3. The number of hydrogen-bond donors (Lipinski definition) is 8. The second kappa shape index (κ2) is 17.2. The van der Waals surface area contributed by atoms with E-state index in [0.717, 1.165) is 68.1 Å². The van der Waals surface area contributed by atoms with Gasteiger partial charge in [-0.3, -0.25) is 29.8 Å². The number of nitrogens with two attached hydrogens (primary N) is 2. The van der Waals surface area contributed by atoms with Gasteiger partial charge in [-0.25, -0.2) is 9.59 Å². The highest BCUT2D eigenvalue weighted by Crippen LogP contribution is 2.59. The van der Waals surface area contributed by atoms with Crippen LogP contribution in [0.2, 0.25) is 0 Å². The number of primary amides is 1. The van der Waals surface area contributed by atoms with Crippen molar-refractivity contribution in [3.63, 3.8) is 0 Å². The maximum atomic E-state index is 14.7. The summed E-state index contributed by atoms with van der Waals surface area (Å²) in [6.07, 6.45) is 7.22. The van der Waals surface area contributed by atoms with Crippen molar-refractivity contribution >= 4 is 47.1 Å². The highest BCUT2D eigenvalue weighted by atomic mass is 16.4. The number of carbonyl (C=O) groups is 6. The van der Waals surface area contributed by atoms with Crippen LogP contribution in [0.15, 0.2) is 36.4 Å². The van der Waals surface area contributed by atoms with Gasteiger partial charge in [-0.2, -0.15) is 0 Å². The fourth-order valence-corrected chi connectivity index (χ4v) is 11.7. The maximum absolute atomic E-state index is 14.7. The summed E-state index contributed by atoms with van der Waals surface area (Å²) < 4.78 is 0. The number of aryl methyl sites for hydroxylation is 2. The van der Waals surface area contributed by atoms with E-state index in [1.165, 1.54) is 5.56 Å². The predicted octanol–water partition coefficient (Wildman–Crippen LogP) is 6.00. The summed E-state index contributed by atoms with van der Waals surface area (Å²) in [5, 5.41) is 23.2. The number of carbonyl (C=O) groups excluding carboxylic acids is 5. The molecule has 2 aromatic carbocycles. The third kappa shape index (κ3) is 8.49. The Kier molecular flexibility index (Phi) is 12.8. The number of hydrogen-bond acceptors (Lipinski definition) is 7. The van der Waals surface area contributed by atoms with Crippen LogP contribution in [0.4, 0.5) is 21.0 Å². The number of amides is 7. The normalized spacial score (nSPS) is 28.9. The molecule has 0 bridgehead atoms. The van der Waals surface area contributed by atoms with Gasteiger partial charge in [0.2, 0.25) is 23.6 Å². The summed E-state index contributed by atoms with van der Waals surface area (Å²) in [6, 6.07) is 9.24. The van der Waals surface area contributed by atoms with Crippen LogP contribution in [-0.2, 0) is 42.8 Å². The highest BCUT2D eigenvalue weighted by Gasteiger charge is 2.58. The standard InChI is InChI=1S/C46H65N7O7/c1-26(2)36(47)38(55)52-33(10-7-23-49-41(48)58)37(54)50-29-15-11-27-13-17-34-43(3,31(27)24-29)19-8-21-45(34,5)39(56)53-40(57)46(6)22-9-20-44(4)32-25-30(51-42(59)60)16-12-28(32)14-18-35(44)46/h11-12,15-16,24-26,33-36,51H,7-10,13-14,17-23,47H2,1-6H3,(H,50,54)(H,52,55)(H,59,60)(H3,48,49,58)(H,53,56,57)/t33-,34+,35+,36-,43+,44+,45-,46-/m0/s1. The number of fused-ring (bicyclic) bond motifs is 6. The Morgan fingerprint density at radius 1 is 0.750 bits per heavy atom. The molecule has 2 aromatic rings. The van der Waals surface area contributed by atoms with Crippen LogP contribution in [0.3, 0.4) is 0 Å². The average molecular weight is 828 g/mol. The van der Waals surface area contributed by atoms with Crippen LogP contribution < -0.4 is 38.1 Å². The lowest BCUT2D eigenvalue weighted by Crippen LogP contribution is -2.60. The number of benzene rings is 2. The first kappa shape index (κ1) is 44.6. The molecule has 326 valence electrons. The lowest BCUT2D eigenvalue weighted by Gasteiger charge is -2.56. The minimum atomic E-state index is -1.12. The molecule has 10 N–H and O–H groups in total. The molecule has 4 aliphatic rings. The van der Waals surface area contributed by atoms with Crippen molar-refractivity contribution in [2.75, 3.05) is 17.2 Å². The highest BCUT2D eigenvalue weighted by molar-refractivity contribution is 6.01. The summed E-state index contributed by atoms with van der Waals surface area (Å²) in [6.45, 7) is 12.3. The summed E-state index contributed by atoms with van der Waals surface area (Å²) in [5.41, 5.74) is 14.5. The zero-order chi connectivity index (χ0) is 43.8. The number of carboxylic acid groups (broad SMARTS) is 1. The van der Waals surface area contributed by atoms with Gasteiger partial charge in [0, 0.05) is 17.9 Å². The zero-order valence-corrected chi connectivity index (χ0v) is 36.1. The molecular weight excluding hydrogens is 763 g/mol. The summed E-state index contributed by atoms with van der Waals surface area (Å²) in [4.78, 5) is 78.7. The Hall–Kier alpha value is -4.98. The Labute approximate surface area is 353 Å². The maximum Gasteiger partial charge on any atom is 0.409 e. The smallest absolute Gasteiger partial charge is 0.409 e. The molecule has 0 saturated heterocycles. The molecular formula is C46H65N7O7. The van der Waals surface area contributed by atoms with Crippen molar-refractivity contribution < 1.29 is 33.9 Å². The Morgan fingerprint density at radius 2 is 1.25 bits per heavy atom. The van der Waals surface area contributed by atoms with E-state index in [2.05, 4.69) is 40.4 Å². The monoisotopic (exact) mass is 827 g/mol. The van der Waals surface area contributed by atoms with E-state index in [1.54, 1.807) is 6.07 Å². The van der Waals surface area contributed by atoms with E-state index in [9.17, 15) is 33.9 Å². The van der Waals surface area contributed by atoms with Crippen LogP contribution in [0.5, 0.6) is 0 Å². The van der Waals surface area contributed by atoms with E-state index in [1.807, 2.05) is 58.0 Å². The largest absolute Gasteiger partial charge is 0.465 e. The van der Waals surface area contributed by atoms with Gasteiger partial charge in [0.05, 0.1) is 16.9 Å². The minimum absolute atomic E-state index is 0.0367. The van der Waals surface area contributed by atoms with E-state index in [0.29, 0.717) is 30.6 Å². The molecule has 0 aliphatic heterocycles. The number of anilines is 2. The molecule has 60 heavy (non-hydrogen) atoms. The summed E-state index contributed by atoms with van der Waals surface area (Å²) in [7, 11) is 0. The van der Waals surface area contributed by atoms with Crippen LogP contribution in [0, 0.1) is 28.6 Å². The van der Waals surface area contributed by atoms with Crippen molar-refractivity contribution in [3.8, 4) is 0 Å². The van der Waals surface area contributed by atoms with Crippen molar-refractivity contribution in [2.45, 2.75) is 142 Å². The van der Waals surface area contributed by atoms with Gasteiger partial charge in [0.1, 0.15) is 6.04 Å². The Balaban J connectivity index is 1.20. The number of rotatable bonds is 12. The van der Waals surface area contributed by atoms with Crippen molar-refractivity contribution in [2.24, 2.45) is 40.1 Å². The van der Waals surface area contributed by atoms with Crippen LogP contribution >= 0.6 is 0 Å². The molecule has 0 aromatic heterocycles. The topological polar surface area (TPSA) is 235 Å². The quantitative estimate of drug-likeness (QED) is 0.0932. The molecule has 0 heterocycles. The predicted molar refractivity (Wildman–Crippen MR) is 230 cm³/mol. The molecule has 2 saturated carbocycles. The second-order valence-electron chi connectivity index (χ2n) is 19.3. The van der Waals surface area contributed by atoms with Crippen molar-refractivity contribution in [3.05, 3.63) is 58.7 Å². The van der Waals surface area contributed by atoms with Gasteiger partial charge >= 0.3 is 12.1 Å². The van der Waals surface area contributed by atoms with E-state index < -0.39 is 52.3 Å². The lowest BCUT2D eigenvalue weighted by atomic mass is 9.49. The van der Waals surface area contributed by atoms with Crippen molar-refractivity contribution in [1.82, 2.24) is 16.0 Å². The van der Waals surface area contributed by atoms with E-state index in [-0.39, 0.29) is 47.9 Å². The third-order valence-electron chi connectivity index (χ3n) is 15.1. The van der Waals surface area contributed by atoms with E-state index >= 15 is 0 Å². The molecule has 14 heteroatoms. The number of urea groups is 1. The molecule has 14 nitrogen and oxygen atoms in total. The molecule has 0 radical (unpaired) electrons. The third-order valence-corrected chi connectivity index (χ3v) is 15.1. The number of nitrogens with one attached hydrogen (secondary N) is 5. The van der Waals surface area contributed by atoms with Gasteiger partial charge in [-0.15, -0.1) is 0 Å². The van der Waals surface area contributed by atoms with Gasteiger partial charge in [-0.1, -0.05) is 66.5 Å². The molecule has 4 aliphatic carbocycles. The molecule has 0 spiro atoms. The average Bonchev–Trinajstić information content (AvgIpc) is 3.18. The Morgan fingerprint density at radius 3 is 1.72 bits per heavy atom. The first-order valence-corrected chi connectivity index (χ1v) is 21.8. The van der Waals surface area contributed by atoms with E-state index in [4.69, 9.17) is 11.5 Å². The lowest BCUT2D eigenvalue weighted by molar-refractivity contribution is -0.150. The number of imide groups is 1. The zero-order valence-electron chi connectivity index (χ0n) is 36.1. The molecule has 6 rings (SSSR count). The SMILES string of the molecule is CC(C)[C@H](N)C(=O)N[C@@H](CCCNC(N)=O)C(=O)Nc1ccc2c(c1)[C@@]1(C)CCC[C@](C)(C(=O)NC(=O)[C@@]3(C)CCC[C@]4(C)c5cc(NC(=O)O)ccc5CC[C@@H]34)[C@@H]1CC2. The minimum Gasteiger partial charge on any atom is -0.465 e. The van der Waals surface area contributed by atoms with Gasteiger partial charge in [-0.05, 0) is 139 Å². The van der Waals surface area contributed by atoms with Crippen molar-refractivity contribution in [1.29, 1.82) is 0 Å².